The predicted molar refractivity (Wildman–Crippen MR) is 119 cm³/mol. The van der Waals surface area contributed by atoms with E-state index in [2.05, 4.69) is 5.32 Å². The highest BCUT2D eigenvalue weighted by atomic mass is 16.4. The summed E-state index contributed by atoms with van der Waals surface area (Å²) in [6.45, 7) is 1.42. The van der Waals surface area contributed by atoms with E-state index in [0.717, 1.165) is 43.4 Å². The molecule has 0 aromatic heterocycles. The Kier molecular flexibility index (Phi) is 13.0. The Morgan fingerprint density at radius 2 is 1.22 bits per heavy atom. The monoisotopic (exact) mass is 445 g/mol. The van der Waals surface area contributed by atoms with Crippen molar-refractivity contribution in [3.63, 3.8) is 0 Å². The molecule has 0 saturated carbocycles. The number of aliphatic carboxylic acids is 3. The third kappa shape index (κ3) is 11.2. The van der Waals surface area contributed by atoms with Crippen molar-refractivity contribution in [1.82, 2.24) is 5.32 Å². The zero-order valence-electron chi connectivity index (χ0n) is 17.9. The van der Waals surface area contributed by atoms with Crippen LogP contribution in [0.1, 0.15) is 55.3 Å². The van der Waals surface area contributed by atoms with Gasteiger partial charge in [-0.15, -0.1) is 0 Å². The molecule has 0 amide bonds. The predicted octanol–water partition coefficient (Wildman–Crippen LogP) is 3.28. The Morgan fingerprint density at radius 3 is 1.72 bits per heavy atom. The fourth-order valence-corrected chi connectivity index (χ4v) is 3.10. The molecule has 5 N–H and O–H groups in total. The Labute approximate surface area is 187 Å². The summed E-state index contributed by atoms with van der Waals surface area (Å²) in [6.07, 6.45) is 4.25. The van der Waals surface area contributed by atoms with Crippen LogP contribution in [-0.4, -0.2) is 51.4 Å². The Hall–Kier alpha value is -3.23. The van der Waals surface area contributed by atoms with Gasteiger partial charge >= 0.3 is 17.9 Å². The number of carboxylic acid groups (broad SMARTS) is 3. The minimum atomic E-state index is -1.82. The fourth-order valence-electron chi connectivity index (χ4n) is 3.10. The number of nitrogens with one attached hydrogen (secondary N) is 1. The van der Waals surface area contributed by atoms with Crippen LogP contribution in [0.5, 0.6) is 0 Å². The SMILES string of the molecule is O=C(O)C(=O)O.O=C(O)C(CCCCCCNCC(O)c1ccccc1)c1ccccc1. The van der Waals surface area contributed by atoms with Gasteiger partial charge in [-0.05, 0) is 30.5 Å². The lowest BCUT2D eigenvalue weighted by Crippen LogP contribution is -2.22. The molecule has 8 heteroatoms. The number of benzene rings is 2. The summed E-state index contributed by atoms with van der Waals surface area (Å²) in [6, 6.07) is 19.1. The van der Waals surface area contributed by atoms with Crippen LogP contribution in [0.25, 0.3) is 0 Å². The smallest absolute Gasteiger partial charge is 0.414 e. The van der Waals surface area contributed by atoms with Crippen LogP contribution >= 0.6 is 0 Å². The number of carbonyl (C=O) groups is 3. The molecule has 2 rings (SSSR count). The maximum atomic E-state index is 11.5. The lowest BCUT2D eigenvalue weighted by atomic mass is 9.93. The van der Waals surface area contributed by atoms with E-state index in [1.807, 2.05) is 60.7 Å². The topological polar surface area (TPSA) is 144 Å². The third-order valence-corrected chi connectivity index (χ3v) is 4.80. The molecule has 2 atom stereocenters. The van der Waals surface area contributed by atoms with Gasteiger partial charge in [-0.3, -0.25) is 4.79 Å². The van der Waals surface area contributed by atoms with E-state index < -0.39 is 29.9 Å². The van der Waals surface area contributed by atoms with E-state index in [9.17, 15) is 15.0 Å². The lowest BCUT2D eigenvalue weighted by Gasteiger charge is -2.13. The summed E-state index contributed by atoms with van der Waals surface area (Å²) in [5, 5.41) is 37.5. The van der Waals surface area contributed by atoms with Gasteiger partial charge in [0.2, 0.25) is 0 Å². The van der Waals surface area contributed by atoms with Crippen LogP contribution in [0.15, 0.2) is 60.7 Å². The molecule has 0 bridgehead atoms. The van der Waals surface area contributed by atoms with Gasteiger partial charge in [-0.2, -0.15) is 0 Å². The number of hydrogen-bond donors (Lipinski definition) is 5. The number of carboxylic acids is 3. The van der Waals surface area contributed by atoms with Crippen molar-refractivity contribution in [3.8, 4) is 0 Å². The van der Waals surface area contributed by atoms with Crippen LogP contribution in [-0.2, 0) is 14.4 Å². The molecule has 0 spiro atoms. The number of aliphatic hydroxyl groups excluding tert-OH is 1. The molecule has 32 heavy (non-hydrogen) atoms. The van der Waals surface area contributed by atoms with E-state index in [-0.39, 0.29) is 0 Å². The van der Waals surface area contributed by atoms with Gasteiger partial charge in [0.15, 0.2) is 0 Å². The van der Waals surface area contributed by atoms with Gasteiger partial charge in [-0.1, -0.05) is 79.9 Å². The molecular formula is C24H31NO7. The van der Waals surface area contributed by atoms with Gasteiger partial charge < -0.3 is 25.7 Å². The first kappa shape index (κ1) is 26.8. The van der Waals surface area contributed by atoms with E-state index in [0.29, 0.717) is 13.0 Å². The third-order valence-electron chi connectivity index (χ3n) is 4.80. The molecular weight excluding hydrogens is 414 g/mol. The first-order chi connectivity index (χ1) is 15.3. The van der Waals surface area contributed by atoms with E-state index in [4.69, 9.17) is 19.8 Å². The minimum Gasteiger partial charge on any atom is -0.481 e. The summed E-state index contributed by atoms with van der Waals surface area (Å²) >= 11 is 0. The van der Waals surface area contributed by atoms with Crippen LogP contribution in [0.4, 0.5) is 0 Å². The zero-order valence-corrected chi connectivity index (χ0v) is 17.9. The number of unbranched alkanes of at least 4 members (excludes halogenated alkanes) is 3. The molecule has 8 nitrogen and oxygen atoms in total. The van der Waals surface area contributed by atoms with Crippen molar-refractivity contribution < 1.29 is 34.8 Å². The van der Waals surface area contributed by atoms with Crippen LogP contribution in [0.2, 0.25) is 0 Å². The largest absolute Gasteiger partial charge is 0.481 e. The summed E-state index contributed by atoms with van der Waals surface area (Å²) in [5.74, 6) is -4.80. The lowest BCUT2D eigenvalue weighted by molar-refractivity contribution is -0.159. The van der Waals surface area contributed by atoms with Crippen molar-refractivity contribution in [3.05, 3.63) is 71.8 Å². The Bertz CT molecular complexity index is 800. The molecule has 2 aromatic carbocycles. The Morgan fingerprint density at radius 1 is 0.719 bits per heavy atom. The highest BCUT2D eigenvalue weighted by Crippen LogP contribution is 2.22. The van der Waals surface area contributed by atoms with Crippen molar-refractivity contribution in [2.75, 3.05) is 13.1 Å². The second kappa shape index (κ2) is 15.6. The zero-order chi connectivity index (χ0) is 23.8. The van der Waals surface area contributed by atoms with Gasteiger partial charge in [0.25, 0.3) is 0 Å². The highest BCUT2D eigenvalue weighted by Gasteiger charge is 2.18. The van der Waals surface area contributed by atoms with E-state index in [1.54, 1.807) is 0 Å². The maximum Gasteiger partial charge on any atom is 0.414 e. The number of hydrogen-bond acceptors (Lipinski definition) is 5. The van der Waals surface area contributed by atoms with Crippen LogP contribution in [0, 0.1) is 0 Å². The quantitative estimate of drug-likeness (QED) is 0.247. The van der Waals surface area contributed by atoms with E-state index in [1.165, 1.54) is 0 Å². The van der Waals surface area contributed by atoms with Gasteiger partial charge in [-0.25, -0.2) is 9.59 Å². The summed E-state index contributed by atoms with van der Waals surface area (Å²) < 4.78 is 0. The average Bonchev–Trinajstić information content (AvgIpc) is 2.79. The molecule has 0 heterocycles. The summed E-state index contributed by atoms with van der Waals surface area (Å²) in [4.78, 5) is 29.7. The van der Waals surface area contributed by atoms with Crippen molar-refractivity contribution in [2.45, 2.75) is 44.1 Å². The molecule has 0 aliphatic heterocycles. The first-order valence-electron chi connectivity index (χ1n) is 10.5. The van der Waals surface area contributed by atoms with Crippen LogP contribution < -0.4 is 5.32 Å². The molecule has 0 fully saturated rings. The molecule has 0 aliphatic rings. The molecule has 2 unspecified atom stereocenters. The summed E-state index contributed by atoms with van der Waals surface area (Å²) in [5.41, 5.74) is 1.82. The molecule has 2 aromatic rings. The second-order valence-corrected chi connectivity index (χ2v) is 7.25. The normalized spacial score (nSPS) is 12.2. The second-order valence-electron chi connectivity index (χ2n) is 7.25. The van der Waals surface area contributed by atoms with Gasteiger partial charge in [0.05, 0.1) is 12.0 Å². The summed E-state index contributed by atoms with van der Waals surface area (Å²) in [7, 11) is 0. The van der Waals surface area contributed by atoms with E-state index >= 15 is 0 Å². The van der Waals surface area contributed by atoms with Gasteiger partial charge in [0.1, 0.15) is 0 Å². The molecule has 0 aliphatic carbocycles. The average molecular weight is 446 g/mol. The van der Waals surface area contributed by atoms with Crippen molar-refractivity contribution in [1.29, 1.82) is 0 Å². The van der Waals surface area contributed by atoms with Crippen LogP contribution in [0.3, 0.4) is 0 Å². The highest BCUT2D eigenvalue weighted by molar-refractivity contribution is 6.27. The first-order valence-corrected chi connectivity index (χ1v) is 10.5. The number of aliphatic hydroxyl groups is 1. The molecule has 0 radical (unpaired) electrons. The Balaban J connectivity index is 0.000000751. The van der Waals surface area contributed by atoms with Gasteiger partial charge in [0, 0.05) is 6.54 Å². The maximum absolute atomic E-state index is 11.5. The van der Waals surface area contributed by atoms with Crippen molar-refractivity contribution >= 4 is 17.9 Å². The van der Waals surface area contributed by atoms with Crippen molar-refractivity contribution in [2.24, 2.45) is 0 Å². The minimum absolute atomic E-state index is 0.407. The standard InChI is InChI=1S/C22H29NO3.C2H2O4/c24-21(19-13-7-4-8-14-19)17-23-16-10-2-1-9-15-20(22(25)26)18-11-5-3-6-12-18;3-1(4)2(5)6/h3-8,11-14,20-21,23-24H,1-2,9-10,15-17H2,(H,25,26);(H,3,4)(H,5,6). The fraction of sp³-hybridized carbons (Fsp3) is 0.375. The molecule has 0 saturated heterocycles. The molecule has 174 valence electrons. The number of rotatable bonds is 12.